The van der Waals surface area contributed by atoms with Gasteiger partial charge < -0.3 is 15.3 Å². The van der Waals surface area contributed by atoms with E-state index in [-0.39, 0.29) is 22.2 Å². The van der Waals surface area contributed by atoms with Crippen LogP contribution in [-0.2, 0) is 14.8 Å². The van der Waals surface area contributed by atoms with Crippen molar-refractivity contribution in [2.75, 3.05) is 37.4 Å². The number of aromatic nitrogens is 2. The predicted octanol–water partition coefficient (Wildman–Crippen LogP) is 1.68. The van der Waals surface area contributed by atoms with Gasteiger partial charge in [0.1, 0.15) is 6.33 Å². The molecular formula is C18H22N6O6S. The van der Waals surface area contributed by atoms with Gasteiger partial charge in [-0.25, -0.2) is 22.7 Å². The maximum atomic E-state index is 12.2. The number of aliphatic carboxylic acids is 1. The number of carboxylic acid groups (broad SMARTS) is 1. The van der Waals surface area contributed by atoms with Crippen LogP contribution in [0.5, 0.6) is 0 Å². The molecule has 0 saturated carbocycles. The number of nitrogens with zero attached hydrogens (tertiary/aromatic N) is 5. The summed E-state index contributed by atoms with van der Waals surface area (Å²) in [7, 11) is -0.750. The molecule has 166 valence electrons. The van der Waals surface area contributed by atoms with E-state index in [0.717, 1.165) is 4.31 Å². The molecule has 31 heavy (non-hydrogen) atoms. The maximum absolute atomic E-state index is 12.2. The standard InChI is InChI=1S/C18H22N6O6S/c1-22(2)31(29,30)14-5-3-13(4-6-14)21-16-15(24(27)28)17(20-11-19-16)23-9-7-12(8-10-23)18(25)26/h3-6,11-12H,7-10H2,1-2H3,(H,25,26)(H,19,20,21). The van der Waals surface area contributed by atoms with E-state index in [2.05, 4.69) is 15.3 Å². The van der Waals surface area contributed by atoms with Gasteiger partial charge in [-0.1, -0.05) is 0 Å². The minimum atomic E-state index is -3.60. The first-order chi connectivity index (χ1) is 14.6. The molecule has 1 saturated heterocycles. The first kappa shape index (κ1) is 22.4. The maximum Gasteiger partial charge on any atom is 0.353 e. The minimum Gasteiger partial charge on any atom is -0.481 e. The van der Waals surface area contributed by atoms with E-state index >= 15 is 0 Å². The van der Waals surface area contributed by atoms with Gasteiger partial charge in [-0.2, -0.15) is 0 Å². The molecule has 0 amide bonds. The van der Waals surface area contributed by atoms with Crippen LogP contribution in [0.25, 0.3) is 0 Å². The summed E-state index contributed by atoms with van der Waals surface area (Å²) in [6.45, 7) is 0.650. The number of sulfonamides is 1. The highest BCUT2D eigenvalue weighted by Gasteiger charge is 2.31. The van der Waals surface area contributed by atoms with Crippen molar-refractivity contribution in [3.63, 3.8) is 0 Å². The Balaban J connectivity index is 1.87. The van der Waals surface area contributed by atoms with E-state index in [1.54, 1.807) is 4.90 Å². The van der Waals surface area contributed by atoms with Gasteiger partial charge in [-0.3, -0.25) is 14.9 Å². The van der Waals surface area contributed by atoms with Crippen LogP contribution in [-0.4, -0.2) is 65.9 Å². The molecule has 0 unspecified atom stereocenters. The molecule has 2 N–H and O–H groups in total. The van der Waals surface area contributed by atoms with Crippen molar-refractivity contribution in [3.05, 3.63) is 40.7 Å². The second-order valence-electron chi connectivity index (χ2n) is 7.19. The van der Waals surface area contributed by atoms with Crippen LogP contribution >= 0.6 is 0 Å². The number of carbonyl (C=O) groups is 1. The van der Waals surface area contributed by atoms with Crippen molar-refractivity contribution in [2.24, 2.45) is 5.92 Å². The van der Waals surface area contributed by atoms with E-state index in [1.165, 1.54) is 44.7 Å². The zero-order valence-electron chi connectivity index (χ0n) is 16.9. The summed E-state index contributed by atoms with van der Waals surface area (Å²) in [6, 6.07) is 5.76. The summed E-state index contributed by atoms with van der Waals surface area (Å²) in [5.41, 5.74) is 0.0799. The molecule has 2 heterocycles. The number of nitrogens with one attached hydrogen (secondary N) is 1. The summed E-state index contributed by atoms with van der Waals surface area (Å²) in [5.74, 6) is -1.29. The lowest BCUT2D eigenvalue weighted by Gasteiger charge is -2.30. The third-order valence-electron chi connectivity index (χ3n) is 5.02. The monoisotopic (exact) mass is 450 g/mol. The predicted molar refractivity (Wildman–Crippen MR) is 112 cm³/mol. The summed E-state index contributed by atoms with van der Waals surface area (Å²) >= 11 is 0. The number of hydrogen-bond donors (Lipinski definition) is 2. The highest BCUT2D eigenvalue weighted by Crippen LogP contribution is 2.35. The second-order valence-corrected chi connectivity index (χ2v) is 9.34. The molecule has 0 spiro atoms. The smallest absolute Gasteiger partial charge is 0.353 e. The van der Waals surface area contributed by atoms with Crippen LogP contribution in [0, 0.1) is 16.0 Å². The Morgan fingerprint density at radius 3 is 2.35 bits per heavy atom. The van der Waals surface area contributed by atoms with Crippen molar-refractivity contribution < 1.29 is 23.2 Å². The van der Waals surface area contributed by atoms with Gasteiger partial charge in [0.05, 0.1) is 15.7 Å². The highest BCUT2D eigenvalue weighted by atomic mass is 32.2. The van der Waals surface area contributed by atoms with Crippen molar-refractivity contribution in [1.29, 1.82) is 0 Å². The summed E-state index contributed by atoms with van der Waals surface area (Å²) in [4.78, 5) is 32.2. The SMILES string of the molecule is CN(C)S(=O)(=O)c1ccc(Nc2ncnc(N3CCC(C(=O)O)CC3)c2[N+](=O)[O-])cc1. The number of benzene rings is 1. The fraction of sp³-hybridized carbons (Fsp3) is 0.389. The zero-order valence-corrected chi connectivity index (χ0v) is 17.7. The number of nitro groups is 1. The first-order valence-electron chi connectivity index (χ1n) is 9.38. The van der Waals surface area contributed by atoms with Crippen LogP contribution in [0.3, 0.4) is 0 Å². The zero-order chi connectivity index (χ0) is 22.8. The third kappa shape index (κ3) is 4.72. The fourth-order valence-electron chi connectivity index (χ4n) is 3.26. The largest absolute Gasteiger partial charge is 0.481 e. The van der Waals surface area contributed by atoms with E-state index in [0.29, 0.717) is 31.6 Å². The topological polar surface area (TPSA) is 159 Å². The molecule has 1 aliphatic rings. The Bertz CT molecular complexity index is 1080. The Labute approximate surface area is 178 Å². The Morgan fingerprint density at radius 1 is 1.23 bits per heavy atom. The molecule has 2 aromatic rings. The minimum absolute atomic E-state index is 0.0430. The first-order valence-corrected chi connectivity index (χ1v) is 10.8. The molecule has 1 aromatic carbocycles. The second kappa shape index (κ2) is 8.81. The number of anilines is 3. The molecule has 13 heteroatoms. The Kier molecular flexibility index (Phi) is 6.36. The van der Waals surface area contributed by atoms with Gasteiger partial charge in [0.25, 0.3) is 0 Å². The molecule has 12 nitrogen and oxygen atoms in total. The van der Waals surface area contributed by atoms with Crippen LogP contribution in [0.2, 0.25) is 0 Å². The molecule has 1 aliphatic heterocycles. The average molecular weight is 450 g/mol. The van der Waals surface area contributed by atoms with Gasteiger partial charge in [0.15, 0.2) is 0 Å². The van der Waals surface area contributed by atoms with Crippen LogP contribution in [0.15, 0.2) is 35.5 Å². The molecule has 3 rings (SSSR count). The van der Waals surface area contributed by atoms with Gasteiger partial charge in [0.2, 0.25) is 21.7 Å². The number of carboxylic acids is 1. The molecule has 0 radical (unpaired) electrons. The molecule has 0 aliphatic carbocycles. The Morgan fingerprint density at radius 2 is 1.84 bits per heavy atom. The van der Waals surface area contributed by atoms with Crippen LogP contribution in [0.1, 0.15) is 12.8 Å². The number of hydrogen-bond acceptors (Lipinski definition) is 9. The number of piperidine rings is 1. The average Bonchev–Trinajstić information content (AvgIpc) is 2.73. The lowest BCUT2D eigenvalue weighted by molar-refractivity contribution is -0.383. The van der Waals surface area contributed by atoms with Crippen molar-refractivity contribution >= 4 is 39.0 Å². The van der Waals surface area contributed by atoms with Gasteiger partial charge in [0, 0.05) is 32.9 Å². The van der Waals surface area contributed by atoms with E-state index in [9.17, 15) is 23.3 Å². The van der Waals surface area contributed by atoms with Crippen LogP contribution < -0.4 is 10.2 Å². The van der Waals surface area contributed by atoms with Gasteiger partial charge in [-0.05, 0) is 37.1 Å². The van der Waals surface area contributed by atoms with Crippen molar-refractivity contribution in [3.8, 4) is 0 Å². The molecule has 0 atom stereocenters. The normalized spacial score (nSPS) is 15.1. The van der Waals surface area contributed by atoms with Crippen molar-refractivity contribution in [1.82, 2.24) is 14.3 Å². The van der Waals surface area contributed by atoms with E-state index in [4.69, 9.17) is 5.11 Å². The van der Waals surface area contributed by atoms with Gasteiger partial charge >= 0.3 is 11.7 Å². The van der Waals surface area contributed by atoms with Crippen molar-refractivity contribution in [2.45, 2.75) is 17.7 Å². The highest BCUT2D eigenvalue weighted by molar-refractivity contribution is 7.89. The molecular weight excluding hydrogens is 428 g/mol. The Hall–Kier alpha value is -3.32. The van der Waals surface area contributed by atoms with E-state index < -0.39 is 26.8 Å². The summed E-state index contributed by atoms with van der Waals surface area (Å²) < 4.78 is 25.5. The lowest BCUT2D eigenvalue weighted by Crippen LogP contribution is -2.37. The van der Waals surface area contributed by atoms with Gasteiger partial charge in [-0.15, -0.1) is 0 Å². The summed E-state index contributed by atoms with van der Waals surface area (Å²) in [6.07, 6.45) is 1.92. The lowest BCUT2D eigenvalue weighted by atomic mass is 9.97. The van der Waals surface area contributed by atoms with E-state index in [1.807, 2.05) is 0 Å². The fourth-order valence-corrected chi connectivity index (χ4v) is 4.16. The quantitative estimate of drug-likeness (QED) is 0.469. The third-order valence-corrected chi connectivity index (χ3v) is 6.85. The summed E-state index contributed by atoms with van der Waals surface area (Å²) in [5, 5.41) is 23.8. The molecule has 1 fully saturated rings. The number of rotatable bonds is 7. The molecule has 1 aromatic heterocycles. The van der Waals surface area contributed by atoms with Crippen LogP contribution in [0.4, 0.5) is 23.0 Å². The molecule has 0 bridgehead atoms.